The molecular weight excluding hydrogens is 319 g/mol. The van der Waals surface area contributed by atoms with E-state index in [1.54, 1.807) is 6.07 Å². The molecule has 1 saturated heterocycles. The maximum atomic E-state index is 13.5. The lowest BCUT2D eigenvalue weighted by Gasteiger charge is -2.18. The Morgan fingerprint density at radius 2 is 2.12 bits per heavy atom. The Kier molecular flexibility index (Phi) is 4.21. The third-order valence-corrected chi connectivity index (χ3v) is 4.61. The van der Waals surface area contributed by atoms with Crippen LogP contribution < -0.4 is 16.2 Å². The number of H-pyrrole nitrogens is 1. The lowest BCUT2D eigenvalue weighted by molar-refractivity contribution is -0.125. The maximum Gasteiger partial charge on any atom is 0.226 e. The Hall–Kier alpha value is -2.70. The van der Waals surface area contributed by atoms with E-state index in [1.165, 1.54) is 12.1 Å². The van der Waals surface area contributed by atoms with Crippen LogP contribution in [0.25, 0.3) is 10.9 Å². The van der Waals surface area contributed by atoms with Crippen molar-refractivity contribution in [3.05, 3.63) is 71.7 Å². The van der Waals surface area contributed by atoms with Crippen LogP contribution in [0, 0.1) is 11.7 Å². The number of hydrazine groups is 1. The van der Waals surface area contributed by atoms with E-state index in [-0.39, 0.29) is 23.7 Å². The lowest BCUT2D eigenvalue weighted by atomic mass is 9.94. The zero-order valence-electron chi connectivity index (χ0n) is 13.6. The molecule has 3 aromatic rings. The standard InChI is InChI=1S/C19H19FN4O/c20-15-3-1-2-14(9-15)18-16(11-23-24-18)19(25)22-10-12-4-5-17-13(8-12)6-7-21-17/h1-9,16,18,21,23-24H,10-11H2,(H,22,25). The molecule has 0 bridgehead atoms. The van der Waals surface area contributed by atoms with Crippen LogP contribution in [0.3, 0.4) is 0 Å². The predicted molar refractivity (Wildman–Crippen MR) is 93.9 cm³/mol. The predicted octanol–water partition coefficient (Wildman–Crippen LogP) is 2.39. The van der Waals surface area contributed by atoms with Gasteiger partial charge in [-0.05, 0) is 46.8 Å². The molecule has 2 unspecified atom stereocenters. The van der Waals surface area contributed by atoms with Gasteiger partial charge in [0.25, 0.3) is 0 Å². The topological polar surface area (TPSA) is 69.0 Å². The number of amides is 1. The molecule has 1 amide bonds. The van der Waals surface area contributed by atoms with E-state index in [9.17, 15) is 9.18 Å². The first-order valence-corrected chi connectivity index (χ1v) is 8.28. The second-order valence-electron chi connectivity index (χ2n) is 6.28. The minimum absolute atomic E-state index is 0.0547. The van der Waals surface area contributed by atoms with Crippen LogP contribution in [0.15, 0.2) is 54.7 Å². The summed E-state index contributed by atoms with van der Waals surface area (Å²) in [6.45, 7) is 0.968. The molecule has 1 aromatic heterocycles. The van der Waals surface area contributed by atoms with Gasteiger partial charge in [-0.15, -0.1) is 0 Å². The molecule has 0 saturated carbocycles. The molecule has 1 aliphatic rings. The van der Waals surface area contributed by atoms with Crippen molar-refractivity contribution in [3.8, 4) is 0 Å². The quantitative estimate of drug-likeness (QED) is 0.590. The number of benzene rings is 2. The molecule has 0 aliphatic carbocycles. The smallest absolute Gasteiger partial charge is 0.226 e. The van der Waals surface area contributed by atoms with Crippen molar-refractivity contribution in [2.45, 2.75) is 12.6 Å². The summed E-state index contributed by atoms with van der Waals surface area (Å²) in [6, 6.07) is 14.2. The Bertz CT molecular complexity index is 907. The van der Waals surface area contributed by atoms with Crippen molar-refractivity contribution in [1.82, 2.24) is 21.2 Å². The van der Waals surface area contributed by atoms with Gasteiger partial charge in [-0.25, -0.2) is 9.82 Å². The van der Waals surface area contributed by atoms with E-state index >= 15 is 0 Å². The largest absolute Gasteiger partial charge is 0.361 e. The number of hydrogen-bond donors (Lipinski definition) is 4. The van der Waals surface area contributed by atoms with Crippen molar-refractivity contribution in [1.29, 1.82) is 0 Å². The summed E-state index contributed by atoms with van der Waals surface area (Å²) >= 11 is 0. The fraction of sp³-hybridized carbons (Fsp3) is 0.211. The molecule has 2 heterocycles. The van der Waals surface area contributed by atoms with E-state index in [2.05, 4.69) is 27.2 Å². The minimum atomic E-state index is -0.301. The van der Waals surface area contributed by atoms with Gasteiger partial charge in [0.2, 0.25) is 5.91 Å². The highest BCUT2D eigenvalue weighted by molar-refractivity contribution is 5.81. The molecule has 2 atom stereocenters. The first-order valence-electron chi connectivity index (χ1n) is 8.28. The van der Waals surface area contributed by atoms with Crippen LogP contribution in [0.2, 0.25) is 0 Å². The van der Waals surface area contributed by atoms with Crippen molar-refractivity contribution in [2.24, 2.45) is 5.92 Å². The molecule has 4 N–H and O–H groups in total. The van der Waals surface area contributed by atoms with Crippen LogP contribution in [-0.2, 0) is 11.3 Å². The SMILES string of the molecule is O=C(NCc1ccc2[nH]ccc2c1)C1CNNC1c1cccc(F)c1. The number of hydrogen-bond acceptors (Lipinski definition) is 3. The monoisotopic (exact) mass is 338 g/mol. The van der Waals surface area contributed by atoms with E-state index in [0.717, 1.165) is 22.0 Å². The van der Waals surface area contributed by atoms with Crippen LogP contribution >= 0.6 is 0 Å². The van der Waals surface area contributed by atoms with Crippen molar-refractivity contribution < 1.29 is 9.18 Å². The first kappa shape index (κ1) is 15.8. The van der Waals surface area contributed by atoms with Crippen LogP contribution in [0.1, 0.15) is 17.2 Å². The zero-order valence-corrected chi connectivity index (χ0v) is 13.6. The van der Waals surface area contributed by atoms with E-state index in [4.69, 9.17) is 0 Å². The number of aromatic amines is 1. The average molecular weight is 338 g/mol. The first-order chi connectivity index (χ1) is 12.2. The van der Waals surface area contributed by atoms with Crippen LogP contribution in [0.5, 0.6) is 0 Å². The van der Waals surface area contributed by atoms with E-state index < -0.39 is 0 Å². The Morgan fingerprint density at radius 1 is 1.20 bits per heavy atom. The van der Waals surface area contributed by atoms with Gasteiger partial charge in [0, 0.05) is 24.8 Å². The number of nitrogens with one attached hydrogen (secondary N) is 4. The summed E-state index contributed by atoms with van der Waals surface area (Å²) in [6.07, 6.45) is 1.90. The number of carbonyl (C=O) groups is 1. The summed E-state index contributed by atoms with van der Waals surface area (Å²) in [7, 11) is 0. The number of rotatable bonds is 4. The number of aromatic nitrogens is 1. The molecule has 1 aliphatic heterocycles. The minimum Gasteiger partial charge on any atom is -0.361 e. The van der Waals surface area contributed by atoms with Crippen molar-refractivity contribution >= 4 is 16.8 Å². The molecule has 1 fully saturated rings. The molecule has 25 heavy (non-hydrogen) atoms. The highest BCUT2D eigenvalue weighted by Gasteiger charge is 2.33. The molecule has 0 spiro atoms. The third-order valence-electron chi connectivity index (χ3n) is 4.61. The van der Waals surface area contributed by atoms with Gasteiger partial charge in [0.1, 0.15) is 5.82 Å². The normalized spacial score (nSPS) is 20.0. The molecule has 2 aromatic carbocycles. The maximum absolute atomic E-state index is 13.5. The van der Waals surface area contributed by atoms with Gasteiger partial charge in [-0.2, -0.15) is 0 Å². The number of fused-ring (bicyclic) bond motifs is 1. The Labute approximate surface area is 144 Å². The van der Waals surface area contributed by atoms with Crippen LogP contribution in [0.4, 0.5) is 4.39 Å². The molecular formula is C19H19FN4O. The van der Waals surface area contributed by atoms with Gasteiger partial charge < -0.3 is 10.3 Å². The summed E-state index contributed by atoms with van der Waals surface area (Å²) < 4.78 is 13.5. The average Bonchev–Trinajstić information content (AvgIpc) is 3.28. The molecule has 5 nitrogen and oxygen atoms in total. The Balaban J connectivity index is 1.44. The van der Waals surface area contributed by atoms with Gasteiger partial charge in [0.15, 0.2) is 0 Å². The highest BCUT2D eigenvalue weighted by atomic mass is 19.1. The molecule has 6 heteroatoms. The van der Waals surface area contributed by atoms with Crippen molar-refractivity contribution in [2.75, 3.05) is 6.54 Å². The Morgan fingerprint density at radius 3 is 3.00 bits per heavy atom. The van der Waals surface area contributed by atoms with Gasteiger partial charge >= 0.3 is 0 Å². The zero-order chi connectivity index (χ0) is 17.2. The molecule has 4 rings (SSSR count). The summed E-state index contributed by atoms with van der Waals surface area (Å²) in [5.41, 5.74) is 8.95. The van der Waals surface area contributed by atoms with E-state index in [0.29, 0.717) is 13.1 Å². The summed E-state index contributed by atoms with van der Waals surface area (Å²) in [5.74, 6) is -0.649. The lowest BCUT2D eigenvalue weighted by Crippen LogP contribution is -2.34. The molecule has 0 radical (unpaired) electrons. The van der Waals surface area contributed by atoms with Crippen LogP contribution in [-0.4, -0.2) is 17.4 Å². The van der Waals surface area contributed by atoms with Gasteiger partial charge in [-0.3, -0.25) is 10.2 Å². The van der Waals surface area contributed by atoms with E-state index in [1.807, 2.05) is 30.5 Å². The summed E-state index contributed by atoms with van der Waals surface area (Å²) in [5, 5.41) is 4.11. The third kappa shape index (κ3) is 3.26. The number of halogens is 1. The highest BCUT2D eigenvalue weighted by Crippen LogP contribution is 2.25. The fourth-order valence-electron chi connectivity index (χ4n) is 3.29. The fourth-order valence-corrected chi connectivity index (χ4v) is 3.29. The van der Waals surface area contributed by atoms with Crippen molar-refractivity contribution in [3.63, 3.8) is 0 Å². The summed E-state index contributed by atoms with van der Waals surface area (Å²) in [4.78, 5) is 15.8. The van der Waals surface area contributed by atoms with Gasteiger partial charge in [0.05, 0.1) is 12.0 Å². The molecule has 128 valence electrons. The second kappa shape index (κ2) is 6.66. The van der Waals surface area contributed by atoms with Gasteiger partial charge in [-0.1, -0.05) is 18.2 Å². The number of carbonyl (C=O) groups excluding carboxylic acids is 1. The second-order valence-corrected chi connectivity index (χ2v) is 6.28.